The Labute approximate surface area is 475 Å². The van der Waals surface area contributed by atoms with Crippen molar-refractivity contribution in [1.29, 1.82) is 0 Å². The summed E-state index contributed by atoms with van der Waals surface area (Å²) in [6.07, 6.45) is 71.7. The van der Waals surface area contributed by atoms with Crippen molar-refractivity contribution in [3.8, 4) is 0 Å². The number of nitrogens with one attached hydrogen (secondary N) is 1. The van der Waals surface area contributed by atoms with Crippen LogP contribution in [0.4, 0.5) is 0 Å². The topological polar surface area (TPSA) is 149 Å². The fourth-order valence-electron chi connectivity index (χ4n) is 10.3. The van der Waals surface area contributed by atoms with Crippen LogP contribution >= 0.6 is 0 Å². The molecule has 7 unspecified atom stereocenters. The summed E-state index contributed by atoms with van der Waals surface area (Å²) in [4.78, 5) is 13.1. The summed E-state index contributed by atoms with van der Waals surface area (Å²) in [6, 6.07) is -0.832. The second-order valence-electron chi connectivity index (χ2n) is 22.9. The molecule has 7 atom stereocenters. The van der Waals surface area contributed by atoms with Crippen LogP contribution < -0.4 is 5.32 Å². The minimum Gasteiger partial charge on any atom is -0.394 e. The number of carbonyl (C=O) groups is 1. The van der Waals surface area contributed by atoms with E-state index in [-0.39, 0.29) is 12.5 Å². The number of amides is 1. The van der Waals surface area contributed by atoms with E-state index in [0.29, 0.717) is 6.42 Å². The van der Waals surface area contributed by atoms with Crippen LogP contribution in [0.3, 0.4) is 0 Å². The molecule has 0 aliphatic carbocycles. The number of aliphatic hydroxyl groups excluding tert-OH is 5. The fourth-order valence-corrected chi connectivity index (χ4v) is 10.3. The monoisotopic (exact) mass is 1080 g/mol. The number of rotatable bonds is 57. The lowest BCUT2D eigenvalue weighted by molar-refractivity contribution is -0.302. The molecule has 1 aliphatic rings. The summed E-state index contributed by atoms with van der Waals surface area (Å²) in [6.45, 7) is 3.78. The minimum absolute atomic E-state index is 0.189. The molecular formula is C68H125NO8. The Morgan fingerprint density at radius 1 is 0.442 bits per heavy atom. The average molecular weight is 1080 g/mol. The van der Waals surface area contributed by atoms with Gasteiger partial charge in [-0.2, -0.15) is 0 Å². The molecule has 1 amide bonds. The Morgan fingerprint density at radius 3 is 1.17 bits per heavy atom. The Kier molecular flexibility index (Phi) is 54.1. The summed E-state index contributed by atoms with van der Waals surface area (Å²) < 4.78 is 11.3. The maximum absolute atomic E-state index is 13.1. The molecule has 1 rings (SSSR count). The number of carbonyl (C=O) groups excluding carboxylic acids is 1. The van der Waals surface area contributed by atoms with E-state index in [0.717, 1.165) is 51.4 Å². The van der Waals surface area contributed by atoms with Crippen molar-refractivity contribution in [2.24, 2.45) is 0 Å². The van der Waals surface area contributed by atoms with Crippen molar-refractivity contribution in [3.63, 3.8) is 0 Å². The molecule has 77 heavy (non-hydrogen) atoms. The van der Waals surface area contributed by atoms with E-state index in [1.54, 1.807) is 6.08 Å². The summed E-state index contributed by atoms with van der Waals surface area (Å²) >= 11 is 0. The third-order valence-electron chi connectivity index (χ3n) is 15.5. The first-order chi connectivity index (χ1) is 37.8. The number of hydrogen-bond donors (Lipinski definition) is 6. The third kappa shape index (κ3) is 46.2. The first kappa shape index (κ1) is 72.9. The summed E-state index contributed by atoms with van der Waals surface area (Å²) in [5.41, 5.74) is 0. The zero-order valence-electron chi connectivity index (χ0n) is 50.2. The molecule has 1 fully saturated rings. The maximum Gasteiger partial charge on any atom is 0.220 e. The SMILES string of the molecule is CCCCCCC/C=C\C/C=C\CCCCCCCCCCCCCCCC(=O)NC(COC1OC(CO)C(O)C(O)C1O)C(O)/C=C/CC/C=C/CC/C=C/CCCCCCCCCCCCCCCCCCCCC. The summed E-state index contributed by atoms with van der Waals surface area (Å²) in [5.74, 6) is -0.189. The van der Waals surface area contributed by atoms with E-state index in [9.17, 15) is 30.3 Å². The molecule has 1 saturated heterocycles. The van der Waals surface area contributed by atoms with Gasteiger partial charge >= 0.3 is 0 Å². The van der Waals surface area contributed by atoms with Gasteiger partial charge in [-0.15, -0.1) is 0 Å². The van der Waals surface area contributed by atoms with Crippen LogP contribution in [0, 0.1) is 0 Å². The molecule has 0 aromatic carbocycles. The van der Waals surface area contributed by atoms with Crippen molar-refractivity contribution < 1.29 is 39.8 Å². The van der Waals surface area contributed by atoms with Gasteiger partial charge in [-0.25, -0.2) is 0 Å². The van der Waals surface area contributed by atoms with Crippen LogP contribution in [0.2, 0.25) is 0 Å². The zero-order chi connectivity index (χ0) is 55.8. The van der Waals surface area contributed by atoms with Gasteiger partial charge in [0, 0.05) is 6.42 Å². The van der Waals surface area contributed by atoms with E-state index in [2.05, 4.69) is 67.8 Å². The minimum atomic E-state index is -1.58. The van der Waals surface area contributed by atoms with Gasteiger partial charge in [0.1, 0.15) is 24.4 Å². The van der Waals surface area contributed by atoms with Crippen LogP contribution in [-0.4, -0.2) is 87.5 Å². The van der Waals surface area contributed by atoms with E-state index in [1.807, 2.05) is 6.08 Å². The summed E-state index contributed by atoms with van der Waals surface area (Å²) in [5, 5.41) is 54.6. The summed E-state index contributed by atoms with van der Waals surface area (Å²) in [7, 11) is 0. The highest BCUT2D eigenvalue weighted by Gasteiger charge is 2.44. The van der Waals surface area contributed by atoms with Crippen molar-refractivity contribution in [3.05, 3.63) is 60.8 Å². The molecule has 0 aromatic rings. The maximum atomic E-state index is 13.1. The van der Waals surface area contributed by atoms with E-state index >= 15 is 0 Å². The molecule has 0 aromatic heterocycles. The van der Waals surface area contributed by atoms with Crippen molar-refractivity contribution in [1.82, 2.24) is 5.32 Å². The molecule has 0 spiro atoms. The van der Waals surface area contributed by atoms with Crippen molar-refractivity contribution in [2.75, 3.05) is 13.2 Å². The normalized spacial score (nSPS) is 19.1. The van der Waals surface area contributed by atoms with Crippen LogP contribution in [0.15, 0.2) is 60.8 Å². The smallest absolute Gasteiger partial charge is 0.220 e. The molecule has 0 bridgehead atoms. The molecule has 9 nitrogen and oxygen atoms in total. The van der Waals surface area contributed by atoms with Gasteiger partial charge in [-0.3, -0.25) is 4.79 Å². The first-order valence-electron chi connectivity index (χ1n) is 33.0. The Balaban J connectivity index is 2.20. The number of allylic oxidation sites excluding steroid dienone is 9. The molecule has 450 valence electrons. The molecule has 0 radical (unpaired) electrons. The van der Waals surface area contributed by atoms with Gasteiger partial charge in [0.15, 0.2) is 6.29 Å². The lowest BCUT2D eigenvalue weighted by Crippen LogP contribution is -2.60. The molecule has 9 heteroatoms. The van der Waals surface area contributed by atoms with Crippen molar-refractivity contribution >= 4 is 5.91 Å². The van der Waals surface area contributed by atoms with Crippen LogP contribution in [0.1, 0.15) is 309 Å². The molecule has 0 saturated carbocycles. The highest BCUT2D eigenvalue weighted by Crippen LogP contribution is 2.23. The predicted molar refractivity (Wildman–Crippen MR) is 327 cm³/mol. The molecular weight excluding hydrogens is 959 g/mol. The van der Waals surface area contributed by atoms with Gasteiger partial charge in [0.05, 0.1) is 25.4 Å². The second kappa shape index (κ2) is 57.1. The Bertz CT molecular complexity index is 1400. The highest BCUT2D eigenvalue weighted by molar-refractivity contribution is 5.76. The van der Waals surface area contributed by atoms with Gasteiger partial charge in [-0.1, -0.05) is 286 Å². The molecule has 1 heterocycles. The number of unbranched alkanes of at least 4 members (excludes halogenated alkanes) is 39. The average Bonchev–Trinajstić information content (AvgIpc) is 3.43. The number of aliphatic hydroxyl groups is 5. The second-order valence-corrected chi connectivity index (χ2v) is 22.9. The lowest BCUT2D eigenvalue weighted by atomic mass is 9.99. The quantitative estimate of drug-likeness (QED) is 0.0261. The molecule has 1 aliphatic heterocycles. The number of hydrogen-bond acceptors (Lipinski definition) is 8. The standard InChI is InChI=1S/C68H125NO8/c1-3-5-7-9-11-13-15-17-19-21-23-25-27-29-30-31-32-34-35-37-39-41-43-45-47-49-51-53-55-57-62(71)61(60-76-68-67(75)66(74)65(73)63(59-70)77-68)69-64(72)58-56-54-52-50-48-46-44-42-40-38-36-33-28-26-24-22-20-18-16-14-12-10-8-6-4-2/h16,18,22,24,39,41,47,49,55,57,61-63,65-68,70-71,73-75H,3-15,17,19-21,23,25-38,40,42-46,48,50-54,56,58-60H2,1-2H3,(H,69,72)/b18-16-,24-22-,41-39+,49-47+,57-55+. The van der Waals surface area contributed by atoms with E-state index in [4.69, 9.17) is 9.47 Å². The van der Waals surface area contributed by atoms with E-state index in [1.165, 1.54) is 238 Å². The first-order valence-corrected chi connectivity index (χ1v) is 33.0. The van der Waals surface area contributed by atoms with Crippen LogP contribution in [-0.2, 0) is 14.3 Å². The number of ether oxygens (including phenoxy) is 2. The predicted octanol–water partition coefficient (Wildman–Crippen LogP) is 17.4. The highest BCUT2D eigenvalue weighted by atomic mass is 16.7. The fraction of sp³-hybridized carbons (Fsp3) is 0.838. The zero-order valence-corrected chi connectivity index (χ0v) is 50.2. The third-order valence-corrected chi connectivity index (χ3v) is 15.5. The largest absolute Gasteiger partial charge is 0.394 e. The Morgan fingerprint density at radius 2 is 0.779 bits per heavy atom. The van der Waals surface area contributed by atoms with Gasteiger partial charge in [-0.05, 0) is 77.0 Å². The van der Waals surface area contributed by atoms with Crippen LogP contribution in [0.25, 0.3) is 0 Å². The van der Waals surface area contributed by atoms with Gasteiger partial charge < -0.3 is 40.3 Å². The lowest BCUT2D eigenvalue weighted by Gasteiger charge is -2.40. The van der Waals surface area contributed by atoms with Gasteiger partial charge in [0.2, 0.25) is 5.91 Å². The van der Waals surface area contributed by atoms with E-state index < -0.39 is 49.5 Å². The Hall–Kier alpha value is -2.11. The molecule has 6 N–H and O–H groups in total. The van der Waals surface area contributed by atoms with Crippen LogP contribution in [0.5, 0.6) is 0 Å². The van der Waals surface area contributed by atoms with Crippen molar-refractivity contribution in [2.45, 2.75) is 352 Å². The van der Waals surface area contributed by atoms with Gasteiger partial charge in [0.25, 0.3) is 0 Å².